The van der Waals surface area contributed by atoms with Gasteiger partial charge in [0.15, 0.2) is 0 Å². The van der Waals surface area contributed by atoms with Crippen LogP contribution in [-0.4, -0.2) is 26.1 Å². The van der Waals surface area contributed by atoms with Gasteiger partial charge in [0, 0.05) is 19.2 Å². The van der Waals surface area contributed by atoms with Crippen molar-refractivity contribution in [2.75, 3.05) is 19.1 Å². The van der Waals surface area contributed by atoms with E-state index in [1.54, 1.807) is 0 Å². The average Bonchev–Trinajstić information content (AvgIpc) is 2.31. The summed E-state index contributed by atoms with van der Waals surface area (Å²) in [7, 11) is 2.87. The molecule has 18 heavy (non-hydrogen) atoms. The van der Waals surface area contributed by atoms with E-state index in [-0.39, 0.29) is 15.7 Å². The highest BCUT2D eigenvalue weighted by Crippen LogP contribution is 2.37. The van der Waals surface area contributed by atoms with Crippen LogP contribution in [0.25, 0.3) is 0 Å². The molecule has 6 nitrogen and oxygen atoms in total. The van der Waals surface area contributed by atoms with Gasteiger partial charge in [-0.1, -0.05) is 23.2 Å². The summed E-state index contributed by atoms with van der Waals surface area (Å²) >= 11 is 12.0. The minimum atomic E-state index is -0.614. The first-order valence-corrected chi connectivity index (χ1v) is 5.56. The van der Waals surface area contributed by atoms with E-state index in [1.165, 1.54) is 26.3 Å². The number of hydrogen-bond donors (Lipinski definition) is 3. The first-order valence-electron chi connectivity index (χ1n) is 4.81. The maximum atomic E-state index is 11.7. The van der Waals surface area contributed by atoms with E-state index in [1.807, 2.05) is 0 Å². The fourth-order valence-electron chi connectivity index (χ4n) is 1.32. The zero-order chi connectivity index (χ0) is 13.9. The monoisotopic (exact) mass is 290 g/mol. The topological polar surface area (TPSA) is 91.4 Å². The van der Waals surface area contributed by atoms with E-state index in [0.29, 0.717) is 5.75 Å². The first kappa shape index (κ1) is 14.4. The Morgan fingerprint density at radius 1 is 1.44 bits per heavy atom. The molecule has 0 spiro atoms. The second kappa shape index (κ2) is 5.79. The highest BCUT2D eigenvalue weighted by Gasteiger charge is 2.23. The number of carbonyl (C=O) groups excluding carboxylic acids is 1. The van der Waals surface area contributed by atoms with Crippen molar-refractivity contribution in [2.45, 2.75) is 0 Å². The van der Waals surface area contributed by atoms with Crippen molar-refractivity contribution in [2.24, 2.45) is 5.73 Å². The van der Waals surface area contributed by atoms with E-state index in [0.717, 1.165) is 4.90 Å². The van der Waals surface area contributed by atoms with Gasteiger partial charge in [-0.25, -0.2) is 9.69 Å². The lowest BCUT2D eigenvalue weighted by Crippen LogP contribution is -2.46. The minimum Gasteiger partial charge on any atom is -0.497 e. The molecule has 0 bridgehead atoms. The Balaban J connectivity index is 3.37. The Morgan fingerprint density at radius 3 is 2.28 bits per heavy atom. The van der Waals surface area contributed by atoms with E-state index >= 15 is 0 Å². The lowest BCUT2D eigenvalue weighted by Gasteiger charge is -2.22. The fraction of sp³-hybridized carbons (Fsp3) is 0.200. The van der Waals surface area contributed by atoms with Gasteiger partial charge in [0.25, 0.3) is 0 Å². The summed E-state index contributed by atoms with van der Waals surface area (Å²) in [6.45, 7) is 0. The van der Waals surface area contributed by atoms with Gasteiger partial charge in [-0.15, -0.1) is 0 Å². The number of halogens is 2. The Kier molecular flexibility index (Phi) is 4.63. The smallest absolute Gasteiger partial charge is 0.328 e. The summed E-state index contributed by atoms with van der Waals surface area (Å²) in [5, 5.41) is 10.1. The molecule has 0 saturated heterocycles. The molecule has 0 aliphatic heterocycles. The number of hydrogen-bond acceptors (Lipinski definition) is 3. The molecule has 0 heterocycles. The third-order valence-corrected chi connectivity index (χ3v) is 2.68. The van der Waals surface area contributed by atoms with Crippen LogP contribution in [0.5, 0.6) is 5.75 Å². The molecule has 0 aromatic heterocycles. The molecule has 8 heteroatoms. The Morgan fingerprint density at radius 2 is 1.94 bits per heavy atom. The molecule has 0 atom stereocenters. The second-order valence-electron chi connectivity index (χ2n) is 3.22. The molecule has 0 aliphatic carbocycles. The third-order valence-electron chi connectivity index (χ3n) is 2.11. The molecule has 0 aliphatic rings. The van der Waals surface area contributed by atoms with Crippen LogP contribution in [0.3, 0.4) is 0 Å². The summed E-state index contributed by atoms with van der Waals surface area (Å²) in [4.78, 5) is 12.5. The van der Waals surface area contributed by atoms with E-state index < -0.39 is 12.0 Å². The number of benzene rings is 1. The quantitative estimate of drug-likeness (QED) is 0.575. The first-order chi connectivity index (χ1) is 8.42. The van der Waals surface area contributed by atoms with E-state index in [4.69, 9.17) is 39.1 Å². The predicted molar refractivity (Wildman–Crippen MR) is 71.9 cm³/mol. The lowest BCUT2D eigenvalue weighted by atomic mass is 10.2. The number of amides is 2. The predicted octanol–water partition coefficient (Wildman–Crippen LogP) is 2.04. The maximum Gasteiger partial charge on any atom is 0.328 e. The van der Waals surface area contributed by atoms with Crippen molar-refractivity contribution < 1.29 is 9.53 Å². The van der Waals surface area contributed by atoms with Crippen molar-refractivity contribution in [3.63, 3.8) is 0 Å². The summed E-state index contributed by atoms with van der Waals surface area (Å²) < 4.78 is 4.98. The third kappa shape index (κ3) is 2.77. The van der Waals surface area contributed by atoms with Crippen LogP contribution in [0.1, 0.15) is 0 Å². The van der Waals surface area contributed by atoms with E-state index in [9.17, 15) is 4.79 Å². The molecule has 2 amide bonds. The molecule has 0 unspecified atom stereocenters. The number of carbonyl (C=O) groups is 1. The molecular formula is C10H12Cl2N4O2. The van der Waals surface area contributed by atoms with Crippen LogP contribution in [0.15, 0.2) is 12.1 Å². The van der Waals surface area contributed by atoms with E-state index in [2.05, 4.69) is 5.32 Å². The zero-order valence-electron chi connectivity index (χ0n) is 9.75. The Bertz CT molecular complexity index is 470. The van der Waals surface area contributed by atoms with Crippen LogP contribution in [0, 0.1) is 5.41 Å². The molecule has 98 valence electrons. The Hall–Kier alpha value is -1.66. The number of methoxy groups -OCH3 is 1. The Labute approximate surface area is 114 Å². The van der Waals surface area contributed by atoms with Gasteiger partial charge in [-0.05, 0) is 0 Å². The number of nitrogens with zero attached hydrogens (tertiary/aromatic N) is 1. The highest BCUT2D eigenvalue weighted by atomic mass is 35.5. The lowest BCUT2D eigenvalue weighted by molar-refractivity contribution is 0.251. The van der Waals surface area contributed by atoms with Gasteiger partial charge < -0.3 is 15.8 Å². The standard InChI is InChI=1S/C10H12Cl2N4O2/c1-15-10(17)16(9(13)14)8-6(11)3-5(18-2)4-7(8)12/h3-4H,1-2H3,(H3,13,14)(H,15,17). The second-order valence-corrected chi connectivity index (χ2v) is 4.03. The van der Waals surface area contributed by atoms with Gasteiger partial charge in [-0.2, -0.15) is 0 Å². The number of guanidine groups is 1. The molecule has 1 aromatic rings. The van der Waals surface area contributed by atoms with Gasteiger partial charge in [0.1, 0.15) is 5.75 Å². The molecule has 4 N–H and O–H groups in total. The van der Waals surface area contributed by atoms with Gasteiger partial charge in [0.05, 0.1) is 22.8 Å². The van der Waals surface area contributed by atoms with Crippen molar-refractivity contribution in [1.29, 1.82) is 5.41 Å². The van der Waals surface area contributed by atoms with Crippen LogP contribution >= 0.6 is 23.2 Å². The highest BCUT2D eigenvalue weighted by molar-refractivity contribution is 6.41. The molecule has 0 saturated carbocycles. The minimum absolute atomic E-state index is 0.131. The normalized spacial score (nSPS) is 9.78. The summed E-state index contributed by atoms with van der Waals surface area (Å²) in [5.41, 5.74) is 5.48. The van der Waals surface area contributed by atoms with Crippen LogP contribution < -0.4 is 20.7 Å². The summed E-state index contributed by atoms with van der Waals surface area (Å²) in [5.74, 6) is -0.0579. The number of rotatable bonds is 2. The molecule has 1 rings (SSSR count). The molecule has 0 fully saturated rings. The van der Waals surface area contributed by atoms with Crippen molar-refractivity contribution in [3.05, 3.63) is 22.2 Å². The van der Waals surface area contributed by atoms with Gasteiger partial charge >= 0.3 is 6.03 Å². The van der Waals surface area contributed by atoms with Gasteiger partial charge in [0.2, 0.25) is 5.96 Å². The summed E-state index contributed by atoms with van der Waals surface area (Å²) in [6.07, 6.45) is 0. The van der Waals surface area contributed by atoms with Crippen LogP contribution in [-0.2, 0) is 0 Å². The number of nitrogens with one attached hydrogen (secondary N) is 2. The van der Waals surface area contributed by atoms with Crippen LogP contribution in [0.4, 0.5) is 10.5 Å². The fourth-order valence-corrected chi connectivity index (χ4v) is 1.95. The molecular weight excluding hydrogens is 279 g/mol. The summed E-state index contributed by atoms with van der Waals surface area (Å²) in [6, 6.07) is 2.33. The number of anilines is 1. The molecule has 1 aromatic carbocycles. The van der Waals surface area contributed by atoms with Crippen molar-refractivity contribution in [1.82, 2.24) is 5.32 Å². The largest absolute Gasteiger partial charge is 0.497 e. The van der Waals surface area contributed by atoms with Crippen LogP contribution in [0.2, 0.25) is 10.0 Å². The zero-order valence-corrected chi connectivity index (χ0v) is 11.3. The van der Waals surface area contributed by atoms with Crippen molar-refractivity contribution >= 4 is 40.9 Å². The SMILES string of the molecule is CNC(=O)N(C(=N)N)c1c(Cl)cc(OC)cc1Cl. The average molecular weight is 291 g/mol. The number of urea groups is 1. The van der Waals surface area contributed by atoms with Crippen molar-refractivity contribution in [3.8, 4) is 5.75 Å². The van der Waals surface area contributed by atoms with Gasteiger partial charge in [-0.3, -0.25) is 5.41 Å². The number of ether oxygens (including phenoxy) is 1. The molecule has 0 radical (unpaired) electrons. The maximum absolute atomic E-state index is 11.7. The number of nitrogens with two attached hydrogens (primary N) is 1.